The molecule has 6 nitrogen and oxygen atoms in total. The van der Waals surface area contributed by atoms with Crippen molar-refractivity contribution in [2.75, 3.05) is 6.61 Å². The van der Waals surface area contributed by atoms with Crippen LogP contribution in [0.5, 0.6) is 0 Å². The average Bonchev–Trinajstić information content (AvgIpc) is 2.97. The quantitative estimate of drug-likeness (QED) is 0.848. The van der Waals surface area contributed by atoms with Gasteiger partial charge in [-0.25, -0.2) is 4.79 Å². The van der Waals surface area contributed by atoms with E-state index in [1.807, 2.05) is 27.7 Å². The third kappa shape index (κ3) is 3.32. The Hall–Kier alpha value is -1.43. The number of carbonyl (C=O) groups is 1. The molecule has 2 rings (SSSR count). The van der Waals surface area contributed by atoms with Crippen LogP contribution in [0.1, 0.15) is 62.6 Å². The summed E-state index contributed by atoms with van der Waals surface area (Å²) < 4.78 is 11.0. The third-order valence-corrected chi connectivity index (χ3v) is 3.12. The number of ether oxygens (including phenoxy) is 2. The fraction of sp³-hybridized carbons (Fsp3) is 0.769. The van der Waals surface area contributed by atoms with Gasteiger partial charge in [-0.2, -0.15) is 10.3 Å². The molecule has 2 atom stereocenters. The van der Waals surface area contributed by atoms with E-state index in [2.05, 4.69) is 15.4 Å². The van der Waals surface area contributed by atoms with Crippen LogP contribution in [-0.2, 0) is 9.47 Å². The Balaban J connectivity index is 2.14. The highest BCUT2D eigenvalue weighted by Gasteiger charge is 2.31. The van der Waals surface area contributed by atoms with E-state index < -0.39 is 11.6 Å². The number of nitrogens with zero attached hydrogens (tertiary/aromatic N) is 2. The molecule has 1 aliphatic rings. The van der Waals surface area contributed by atoms with Crippen molar-refractivity contribution in [3.05, 3.63) is 11.4 Å². The standard InChI is InChI=1S/C13H21N3O3/c1-8(9-6-5-7-18-9)10-11(15-16-14-10)12(17)19-13(2,3)4/h8-9H,5-7H2,1-4H3,(H,14,15,16). The number of rotatable bonds is 3. The van der Waals surface area contributed by atoms with E-state index in [1.165, 1.54) is 0 Å². The number of aromatic amines is 1. The van der Waals surface area contributed by atoms with Crippen LogP contribution in [0.3, 0.4) is 0 Å². The van der Waals surface area contributed by atoms with Crippen molar-refractivity contribution >= 4 is 5.97 Å². The number of aromatic nitrogens is 3. The lowest BCUT2D eigenvalue weighted by Crippen LogP contribution is -2.26. The molecule has 0 amide bonds. The molecule has 1 saturated heterocycles. The summed E-state index contributed by atoms with van der Waals surface area (Å²) in [5.74, 6) is -0.412. The van der Waals surface area contributed by atoms with Gasteiger partial charge in [0, 0.05) is 12.5 Å². The van der Waals surface area contributed by atoms with Gasteiger partial charge in [-0.1, -0.05) is 6.92 Å². The van der Waals surface area contributed by atoms with Crippen LogP contribution >= 0.6 is 0 Å². The molecule has 1 fully saturated rings. The molecular formula is C13H21N3O3. The molecule has 1 aliphatic heterocycles. The van der Waals surface area contributed by atoms with Gasteiger partial charge >= 0.3 is 5.97 Å². The molecule has 1 aromatic heterocycles. The van der Waals surface area contributed by atoms with Crippen molar-refractivity contribution in [2.45, 2.75) is 58.2 Å². The van der Waals surface area contributed by atoms with Crippen LogP contribution in [0.25, 0.3) is 0 Å². The molecule has 1 N–H and O–H groups in total. The maximum Gasteiger partial charge on any atom is 0.361 e. The average molecular weight is 267 g/mol. The monoisotopic (exact) mass is 267 g/mol. The summed E-state index contributed by atoms with van der Waals surface area (Å²) in [4.78, 5) is 12.1. The number of esters is 1. The van der Waals surface area contributed by atoms with Gasteiger partial charge in [0.2, 0.25) is 0 Å². The summed E-state index contributed by atoms with van der Waals surface area (Å²) in [6, 6.07) is 0. The van der Waals surface area contributed by atoms with Crippen molar-refractivity contribution in [1.29, 1.82) is 0 Å². The summed E-state index contributed by atoms with van der Waals surface area (Å²) in [5, 5.41) is 10.5. The van der Waals surface area contributed by atoms with E-state index in [9.17, 15) is 4.79 Å². The summed E-state index contributed by atoms with van der Waals surface area (Å²) in [6.07, 6.45) is 2.14. The van der Waals surface area contributed by atoms with Crippen molar-refractivity contribution in [1.82, 2.24) is 15.4 Å². The van der Waals surface area contributed by atoms with Gasteiger partial charge in [-0.3, -0.25) is 0 Å². The third-order valence-electron chi connectivity index (χ3n) is 3.12. The Morgan fingerprint density at radius 2 is 2.21 bits per heavy atom. The molecule has 19 heavy (non-hydrogen) atoms. The van der Waals surface area contributed by atoms with E-state index in [4.69, 9.17) is 9.47 Å². The minimum atomic E-state index is -0.541. The molecule has 0 radical (unpaired) electrons. The molecule has 2 unspecified atom stereocenters. The van der Waals surface area contributed by atoms with Gasteiger partial charge in [-0.15, -0.1) is 5.10 Å². The predicted octanol–water partition coefficient (Wildman–Crippen LogP) is 2.04. The lowest BCUT2D eigenvalue weighted by Gasteiger charge is -2.20. The fourth-order valence-corrected chi connectivity index (χ4v) is 2.21. The molecule has 0 saturated carbocycles. The van der Waals surface area contributed by atoms with Crippen LogP contribution in [-0.4, -0.2) is 39.7 Å². The Labute approximate surface area is 112 Å². The second-order valence-electron chi connectivity index (χ2n) is 5.90. The second-order valence-corrected chi connectivity index (χ2v) is 5.90. The number of hydrogen-bond donors (Lipinski definition) is 1. The second kappa shape index (κ2) is 5.28. The van der Waals surface area contributed by atoms with Crippen molar-refractivity contribution in [3.8, 4) is 0 Å². The lowest BCUT2D eigenvalue weighted by atomic mass is 9.97. The van der Waals surface area contributed by atoms with Crippen molar-refractivity contribution in [2.24, 2.45) is 0 Å². The Kier molecular flexibility index (Phi) is 3.89. The summed E-state index contributed by atoms with van der Waals surface area (Å²) >= 11 is 0. The van der Waals surface area contributed by atoms with E-state index >= 15 is 0 Å². The Bertz CT molecular complexity index is 444. The maximum absolute atomic E-state index is 12.1. The highest BCUT2D eigenvalue weighted by molar-refractivity contribution is 5.88. The SMILES string of the molecule is CC(c1n[nH]nc1C(=O)OC(C)(C)C)C1CCCO1. The molecule has 1 aromatic rings. The summed E-state index contributed by atoms with van der Waals surface area (Å²) in [6.45, 7) is 8.26. The van der Waals surface area contributed by atoms with Crippen LogP contribution in [0.2, 0.25) is 0 Å². The number of carbonyl (C=O) groups excluding carboxylic acids is 1. The van der Waals surface area contributed by atoms with Gasteiger partial charge in [0.25, 0.3) is 0 Å². The van der Waals surface area contributed by atoms with Crippen LogP contribution in [0.15, 0.2) is 0 Å². The minimum Gasteiger partial charge on any atom is -0.455 e. The molecule has 6 heteroatoms. The van der Waals surface area contributed by atoms with Crippen molar-refractivity contribution in [3.63, 3.8) is 0 Å². The molecule has 0 aliphatic carbocycles. The zero-order valence-corrected chi connectivity index (χ0v) is 11.9. The number of hydrogen-bond acceptors (Lipinski definition) is 5. The predicted molar refractivity (Wildman–Crippen MR) is 68.9 cm³/mol. The number of nitrogens with one attached hydrogen (secondary N) is 1. The topological polar surface area (TPSA) is 77.1 Å². The largest absolute Gasteiger partial charge is 0.455 e. The van der Waals surface area contributed by atoms with E-state index in [-0.39, 0.29) is 17.7 Å². The molecular weight excluding hydrogens is 246 g/mol. The van der Waals surface area contributed by atoms with Gasteiger partial charge in [-0.05, 0) is 33.6 Å². The lowest BCUT2D eigenvalue weighted by molar-refractivity contribution is 0.00595. The highest BCUT2D eigenvalue weighted by atomic mass is 16.6. The smallest absolute Gasteiger partial charge is 0.361 e. The van der Waals surface area contributed by atoms with Gasteiger partial charge < -0.3 is 9.47 Å². The molecule has 0 aromatic carbocycles. The van der Waals surface area contributed by atoms with Crippen LogP contribution in [0.4, 0.5) is 0 Å². The zero-order chi connectivity index (χ0) is 14.0. The first-order valence-electron chi connectivity index (χ1n) is 6.64. The Morgan fingerprint density at radius 1 is 1.47 bits per heavy atom. The van der Waals surface area contributed by atoms with Gasteiger partial charge in [0.05, 0.1) is 6.10 Å². The minimum absolute atomic E-state index is 0.0313. The molecule has 106 valence electrons. The highest BCUT2D eigenvalue weighted by Crippen LogP contribution is 2.29. The zero-order valence-electron chi connectivity index (χ0n) is 11.9. The van der Waals surface area contributed by atoms with Gasteiger partial charge in [0.15, 0.2) is 5.69 Å². The first kappa shape index (κ1) is 14.0. The summed E-state index contributed by atoms with van der Waals surface area (Å²) in [7, 11) is 0. The van der Waals surface area contributed by atoms with E-state index in [1.54, 1.807) is 0 Å². The van der Waals surface area contributed by atoms with E-state index in [0.29, 0.717) is 5.69 Å². The summed E-state index contributed by atoms with van der Waals surface area (Å²) in [5.41, 5.74) is 0.347. The normalized spacial score (nSPS) is 21.4. The van der Waals surface area contributed by atoms with Crippen molar-refractivity contribution < 1.29 is 14.3 Å². The molecule has 0 spiro atoms. The molecule has 0 bridgehead atoms. The van der Waals surface area contributed by atoms with Gasteiger partial charge in [0.1, 0.15) is 11.3 Å². The Morgan fingerprint density at radius 3 is 2.79 bits per heavy atom. The first-order valence-corrected chi connectivity index (χ1v) is 6.64. The van der Waals surface area contributed by atoms with Crippen LogP contribution in [0, 0.1) is 0 Å². The molecule has 2 heterocycles. The first-order chi connectivity index (χ1) is 8.88. The maximum atomic E-state index is 12.1. The van der Waals surface area contributed by atoms with E-state index in [0.717, 1.165) is 19.4 Å². The number of H-pyrrole nitrogens is 1. The fourth-order valence-electron chi connectivity index (χ4n) is 2.21. The van der Waals surface area contributed by atoms with Crippen LogP contribution < -0.4 is 0 Å².